The molecule has 1 aliphatic carbocycles. The van der Waals surface area contributed by atoms with Crippen molar-refractivity contribution in [3.05, 3.63) is 40.9 Å². The van der Waals surface area contributed by atoms with Gasteiger partial charge in [0.2, 0.25) is 15.9 Å². The second-order valence-electron chi connectivity index (χ2n) is 7.54. The zero-order chi connectivity index (χ0) is 22.3. The number of urea groups is 1. The van der Waals surface area contributed by atoms with Gasteiger partial charge in [-0.1, -0.05) is 31.4 Å². The lowest BCUT2D eigenvalue weighted by Gasteiger charge is -2.22. The number of nitrogens with two attached hydrogens (primary N) is 1. The largest absolute Gasteiger partial charge is 0.352 e. The van der Waals surface area contributed by atoms with Crippen LogP contribution in [-0.4, -0.2) is 31.4 Å². The highest BCUT2D eigenvalue weighted by Crippen LogP contribution is 2.19. The summed E-state index contributed by atoms with van der Waals surface area (Å²) < 4.78 is 22.5. The molecule has 0 saturated heterocycles. The van der Waals surface area contributed by atoms with E-state index in [2.05, 4.69) is 20.9 Å². The standard InChI is InChI=1S/C20H27N5O4S2/c21-31(28,29)17-9-6-14(7-10-17)12-22-18(26)11-8-16-13-30-20(24-16)25-19(27)23-15-4-2-1-3-5-15/h6-7,9-10,13,15H,1-5,8,11-12H2,(H,22,26)(H2,21,28,29)(H2,23,24,25,27). The Kier molecular flexibility index (Phi) is 7.99. The van der Waals surface area contributed by atoms with E-state index in [4.69, 9.17) is 5.14 Å². The van der Waals surface area contributed by atoms with Crippen LogP contribution in [0.3, 0.4) is 0 Å². The van der Waals surface area contributed by atoms with Gasteiger partial charge in [-0.25, -0.2) is 23.3 Å². The second-order valence-corrected chi connectivity index (χ2v) is 9.96. The molecule has 1 fully saturated rings. The summed E-state index contributed by atoms with van der Waals surface area (Å²) >= 11 is 1.33. The van der Waals surface area contributed by atoms with Gasteiger partial charge in [0.05, 0.1) is 10.6 Å². The van der Waals surface area contributed by atoms with Crippen LogP contribution in [0, 0.1) is 0 Å². The molecule has 31 heavy (non-hydrogen) atoms. The fraction of sp³-hybridized carbons (Fsp3) is 0.450. The second kappa shape index (κ2) is 10.7. The highest BCUT2D eigenvalue weighted by Gasteiger charge is 2.16. The first-order valence-electron chi connectivity index (χ1n) is 10.2. The van der Waals surface area contributed by atoms with Gasteiger partial charge >= 0.3 is 6.03 Å². The van der Waals surface area contributed by atoms with Crippen LogP contribution in [0.5, 0.6) is 0 Å². The number of amides is 3. The number of thiazole rings is 1. The van der Waals surface area contributed by atoms with Crippen molar-refractivity contribution >= 4 is 38.4 Å². The number of hydrogen-bond donors (Lipinski definition) is 4. The van der Waals surface area contributed by atoms with Crippen molar-refractivity contribution in [2.75, 3.05) is 5.32 Å². The lowest BCUT2D eigenvalue weighted by molar-refractivity contribution is -0.121. The Morgan fingerprint density at radius 2 is 1.84 bits per heavy atom. The van der Waals surface area contributed by atoms with Crippen LogP contribution in [-0.2, 0) is 27.8 Å². The molecule has 5 N–H and O–H groups in total. The number of carbonyl (C=O) groups excluding carboxylic acids is 2. The lowest BCUT2D eigenvalue weighted by atomic mass is 9.96. The predicted molar refractivity (Wildman–Crippen MR) is 119 cm³/mol. The van der Waals surface area contributed by atoms with E-state index in [0.29, 0.717) is 11.6 Å². The van der Waals surface area contributed by atoms with Gasteiger partial charge in [-0.15, -0.1) is 11.3 Å². The summed E-state index contributed by atoms with van der Waals surface area (Å²) in [7, 11) is -3.73. The van der Waals surface area contributed by atoms with E-state index in [1.807, 2.05) is 5.38 Å². The number of benzene rings is 1. The van der Waals surface area contributed by atoms with Gasteiger partial charge in [-0.2, -0.15) is 0 Å². The third kappa shape index (κ3) is 7.60. The SMILES string of the molecule is NS(=O)(=O)c1ccc(CNC(=O)CCc2csc(NC(=O)NC3CCCCC3)n2)cc1. The number of primary sulfonamides is 1. The summed E-state index contributed by atoms with van der Waals surface area (Å²) in [6, 6.07) is 6.02. The van der Waals surface area contributed by atoms with Gasteiger partial charge in [0.25, 0.3) is 0 Å². The van der Waals surface area contributed by atoms with Crippen LogP contribution in [0.1, 0.15) is 49.8 Å². The quantitative estimate of drug-likeness (QED) is 0.474. The van der Waals surface area contributed by atoms with Crippen LogP contribution in [0.2, 0.25) is 0 Å². The maximum atomic E-state index is 12.1. The first-order valence-corrected chi connectivity index (χ1v) is 12.6. The molecule has 0 atom stereocenters. The van der Waals surface area contributed by atoms with Gasteiger partial charge in [0.15, 0.2) is 5.13 Å². The average molecular weight is 466 g/mol. The first kappa shape index (κ1) is 23.2. The molecule has 1 aliphatic rings. The molecule has 9 nitrogen and oxygen atoms in total. The van der Waals surface area contributed by atoms with Crippen molar-refractivity contribution in [2.24, 2.45) is 5.14 Å². The Hall–Kier alpha value is -2.50. The summed E-state index contributed by atoms with van der Waals surface area (Å²) in [5.74, 6) is -0.145. The Bertz CT molecular complexity index is 999. The number of aryl methyl sites for hydroxylation is 1. The van der Waals surface area contributed by atoms with Gasteiger partial charge in [0.1, 0.15) is 0 Å². The number of aromatic nitrogens is 1. The van der Waals surface area contributed by atoms with Crippen molar-refractivity contribution < 1.29 is 18.0 Å². The molecule has 3 rings (SSSR count). The van der Waals surface area contributed by atoms with E-state index in [9.17, 15) is 18.0 Å². The fourth-order valence-corrected chi connectivity index (χ4v) is 4.63. The van der Waals surface area contributed by atoms with Gasteiger partial charge < -0.3 is 10.6 Å². The van der Waals surface area contributed by atoms with E-state index in [-0.39, 0.29) is 35.8 Å². The maximum absolute atomic E-state index is 12.1. The summed E-state index contributed by atoms with van der Waals surface area (Å²) in [4.78, 5) is 28.6. The topological polar surface area (TPSA) is 143 Å². The van der Waals surface area contributed by atoms with Gasteiger partial charge in [0, 0.05) is 24.4 Å². The molecule has 1 heterocycles. The number of carbonyl (C=O) groups is 2. The number of rotatable bonds is 8. The van der Waals surface area contributed by atoms with Crippen molar-refractivity contribution in [1.29, 1.82) is 0 Å². The van der Waals surface area contributed by atoms with Crippen LogP contribution >= 0.6 is 11.3 Å². The molecule has 1 aromatic carbocycles. The predicted octanol–water partition coefficient (Wildman–Crippen LogP) is 2.49. The minimum absolute atomic E-state index is 0.0305. The molecule has 0 spiro atoms. The normalized spacial score (nSPS) is 14.7. The minimum Gasteiger partial charge on any atom is -0.352 e. The molecule has 0 aliphatic heterocycles. The number of hydrogen-bond acceptors (Lipinski definition) is 6. The zero-order valence-corrected chi connectivity index (χ0v) is 18.7. The van der Waals surface area contributed by atoms with Crippen molar-refractivity contribution in [1.82, 2.24) is 15.6 Å². The van der Waals surface area contributed by atoms with Crippen molar-refractivity contribution in [3.8, 4) is 0 Å². The van der Waals surface area contributed by atoms with Crippen LogP contribution in [0.15, 0.2) is 34.5 Å². The third-order valence-electron chi connectivity index (χ3n) is 5.06. The highest BCUT2D eigenvalue weighted by atomic mass is 32.2. The number of nitrogens with one attached hydrogen (secondary N) is 3. The molecular formula is C20H27N5O4S2. The average Bonchev–Trinajstić information content (AvgIpc) is 3.18. The molecule has 1 aromatic heterocycles. The molecule has 1 saturated carbocycles. The van der Waals surface area contributed by atoms with Gasteiger partial charge in [-0.05, 0) is 37.0 Å². The Morgan fingerprint density at radius 3 is 2.52 bits per heavy atom. The van der Waals surface area contributed by atoms with E-state index >= 15 is 0 Å². The molecule has 0 bridgehead atoms. The fourth-order valence-electron chi connectivity index (χ4n) is 3.37. The molecule has 0 unspecified atom stereocenters. The lowest BCUT2D eigenvalue weighted by Crippen LogP contribution is -2.38. The van der Waals surface area contributed by atoms with Crippen LogP contribution in [0.25, 0.3) is 0 Å². The Balaban J connectivity index is 1.38. The van der Waals surface area contributed by atoms with E-state index in [0.717, 1.165) is 36.9 Å². The summed E-state index contributed by atoms with van der Waals surface area (Å²) in [6.07, 6.45) is 6.27. The molecule has 168 valence electrons. The van der Waals surface area contributed by atoms with Crippen LogP contribution < -0.4 is 21.1 Å². The van der Waals surface area contributed by atoms with E-state index in [1.165, 1.54) is 29.9 Å². The molecular weight excluding hydrogens is 438 g/mol. The molecule has 0 radical (unpaired) electrons. The Morgan fingerprint density at radius 1 is 1.13 bits per heavy atom. The number of nitrogens with zero attached hydrogens (tertiary/aromatic N) is 1. The minimum atomic E-state index is -3.73. The van der Waals surface area contributed by atoms with Gasteiger partial charge in [-0.3, -0.25) is 10.1 Å². The summed E-state index contributed by atoms with van der Waals surface area (Å²) in [5, 5.41) is 15.9. The molecule has 3 amide bonds. The summed E-state index contributed by atoms with van der Waals surface area (Å²) in [6.45, 7) is 0.287. The first-order chi connectivity index (χ1) is 14.8. The van der Waals surface area contributed by atoms with E-state index < -0.39 is 10.0 Å². The zero-order valence-electron chi connectivity index (χ0n) is 17.1. The van der Waals surface area contributed by atoms with Crippen LogP contribution in [0.4, 0.5) is 9.93 Å². The molecule has 11 heteroatoms. The van der Waals surface area contributed by atoms with E-state index in [1.54, 1.807) is 12.1 Å². The highest BCUT2D eigenvalue weighted by molar-refractivity contribution is 7.89. The van der Waals surface area contributed by atoms with Crippen molar-refractivity contribution in [2.45, 2.75) is 62.4 Å². The monoisotopic (exact) mass is 465 g/mol. The number of anilines is 1. The number of sulfonamides is 1. The smallest absolute Gasteiger partial charge is 0.321 e. The van der Waals surface area contributed by atoms with Crippen molar-refractivity contribution in [3.63, 3.8) is 0 Å². The summed E-state index contributed by atoms with van der Waals surface area (Å²) in [5.41, 5.74) is 1.51. The third-order valence-corrected chi connectivity index (χ3v) is 6.80. The Labute approximate surface area is 185 Å². The molecule has 2 aromatic rings. The maximum Gasteiger partial charge on any atom is 0.321 e.